The maximum absolute atomic E-state index is 14.7. The molecule has 11 aromatic rings. The first-order chi connectivity index (χ1) is 33.2. The molecule has 0 saturated heterocycles. The Morgan fingerprint density at radius 3 is 1.59 bits per heavy atom. The zero-order valence-electron chi connectivity index (χ0n) is 38.2. The molecule has 0 N–H and O–H groups in total. The monoisotopic (exact) mass is 891 g/mol. The maximum Gasteiger partial charge on any atom is 0.137 e. The van der Waals surface area contributed by atoms with E-state index in [-0.39, 0.29) is 11.8 Å². The molecular weight excluding hydrogens is 845 g/mol. The van der Waals surface area contributed by atoms with Crippen LogP contribution in [0.4, 0.5) is 31.5 Å². The van der Waals surface area contributed by atoms with Gasteiger partial charge in [0.05, 0.1) is 39.1 Å². The van der Waals surface area contributed by atoms with Crippen LogP contribution in [0.5, 0.6) is 11.5 Å². The minimum Gasteiger partial charge on any atom is -0.457 e. The van der Waals surface area contributed by atoms with Crippen LogP contribution in [-0.4, -0.2) is 20.8 Å². The Bertz CT molecular complexity index is 3660. The van der Waals surface area contributed by atoms with Gasteiger partial charge in [0.15, 0.2) is 0 Å². The molecule has 1 aliphatic heterocycles. The van der Waals surface area contributed by atoms with E-state index in [2.05, 4.69) is 192 Å². The fourth-order valence-corrected chi connectivity index (χ4v) is 10.4. The lowest BCUT2D eigenvalue weighted by Gasteiger charge is -2.30. The van der Waals surface area contributed by atoms with Gasteiger partial charge >= 0.3 is 0 Å². The van der Waals surface area contributed by atoms with Crippen LogP contribution >= 0.6 is 0 Å². The van der Waals surface area contributed by atoms with Crippen molar-refractivity contribution in [3.05, 3.63) is 211 Å². The van der Waals surface area contributed by atoms with Gasteiger partial charge in [-0.3, -0.25) is 4.57 Å². The van der Waals surface area contributed by atoms with E-state index in [9.17, 15) is 8.78 Å². The number of halogens is 2. The van der Waals surface area contributed by atoms with E-state index in [0.717, 1.165) is 89.9 Å². The molecule has 0 spiro atoms. The van der Waals surface area contributed by atoms with E-state index in [1.807, 2.05) is 24.4 Å². The van der Waals surface area contributed by atoms with Crippen LogP contribution in [0, 0.1) is 11.6 Å². The molecule has 0 aliphatic carbocycles. The van der Waals surface area contributed by atoms with E-state index >= 15 is 0 Å². The van der Waals surface area contributed by atoms with Gasteiger partial charge in [0.1, 0.15) is 35.6 Å². The van der Waals surface area contributed by atoms with Gasteiger partial charge in [0.2, 0.25) is 0 Å². The third kappa shape index (κ3) is 6.86. The van der Waals surface area contributed by atoms with Crippen molar-refractivity contribution >= 4 is 66.4 Å². The number of aromatic nitrogens is 3. The summed E-state index contributed by atoms with van der Waals surface area (Å²) in [6, 6.07) is 61.0. The van der Waals surface area contributed by atoms with Gasteiger partial charge in [0.25, 0.3) is 0 Å². The zero-order chi connectivity index (χ0) is 46.2. The molecule has 12 rings (SSSR count). The molecule has 0 fully saturated rings. The summed E-state index contributed by atoms with van der Waals surface area (Å²) < 4.78 is 40.9. The molecule has 3 aromatic heterocycles. The highest BCUT2D eigenvalue weighted by atomic mass is 19.1. The van der Waals surface area contributed by atoms with Crippen LogP contribution in [-0.2, 0) is 0 Å². The summed E-state index contributed by atoms with van der Waals surface area (Å²) in [5.41, 5.74) is 13.0. The number of benzene rings is 8. The van der Waals surface area contributed by atoms with Crippen LogP contribution in [0.1, 0.15) is 50.7 Å². The molecule has 0 radical (unpaired) electrons. The summed E-state index contributed by atoms with van der Waals surface area (Å²) >= 11 is 0. The molecule has 1 aliphatic rings. The third-order valence-electron chi connectivity index (χ3n) is 13.4. The first-order valence-corrected chi connectivity index (χ1v) is 23.2. The average molecular weight is 892 g/mol. The summed E-state index contributed by atoms with van der Waals surface area (Å²) in [6.45, 7) is 9.25. The van der Waals surface area contributed by atoms with E-state index in [4.69, 9.17) is 9.72 Å². The van der Waals surface area contributed by atoms with Crippen molar-refractivity contribution in [3.8, 4) is 34.1 Å². The van der Waals surface area contributed by atoms with Gasteiger partial charge in [-0.05, 0) is 119 Å². The number of anilines is 4. The minimum absolute atomic E-state index is 0.106. The second-order valence-corrected chi connectivity index (χ2v) is 18.3. The molecule has 0 atom stereocenters. The summed E-state index contributed by atoms with van der Waals surface area (Å²) in [5, 5.41) is 4.61. The SMILES string of the molecule is CC(C)c1cc(-c2cc(F)cc(F)c2)cc(C(C)C)c1N1CN(c2cc(Oc3ccc4c5ccccc5n(-c5ccccn5)c4c3)cc(-n3c4ccccc4c4ccccc43)c2)c2ccccc21. The van der Waals surface area contributed by atoms with Crippen LogP contribution in [0.25, 0.3) is 66.2 Å². The van der Waals surface area contributed by atoms with Crippen LogP contribution in [0.2, 0.25) is 0 Å². The Balaban J connectivity index is 1.03. The number of para-hydroxylation sites is 5. The van der Waals surface area contributed by atoms with Crippen molar-refractivity contribution in [2.24, 2.45) is 0 Å². The second-order valence-electron chi connectivity index (χ2n) is 18.3. The van der Waals surface area contributed by atoms with Gasteiger partial charge in [-0.1, -0.05) is 100 Å². The van der Waals surface area contributed by atoms with Crippen LogP contribution in [0.15, 0.2) is 188 Å². The lowest BCUT2D eigenvalue weighted by atomic mass is 9.87. The Hall–Kier alpha value is -8.23. The van der Waals surface area contributed by atoms with Crippen molar-refractivity contribution in [2.45, 2.75) is 39.5 Å². The predicted octanol–water partition coefficient (Wildman–Crippen LogP) is 16.5. The number of ether oxygens (including phenoxy) is 1. The number of nitrogens with zero attached hydrogens (tertiary/aromatic N) is 5. The van der Waals surface area contributed by atoms with Gasteiger partial charge in [0, 0.05) is 63.4 Å². The van der Waals surface area contributed by atoms with Gasteiger partial charge < -0.3 is 19.1 Å². The van der Waals surface area contributed by atoms with Gasteiger partial charge in [-0.15, -0.1) is 0 Å². The molecule has 0 bridgehead atoms. The molecule has 8 aromatic carbocycles. The van der Waals surface area contributed by atoms with Crippen molar-refractivity contribution in [2.75, 3.05) is 16.5 Å². The number of rotatable bonds is 9. The van der Waals surface area contributed by atoms with E-state index in [1.54, 1.807) is 0 Å². The molecule has 6 nitrogen and oxygen atoms in total. The standard InChI is InChI=1S/C60H47F2N5O/c1-37(2)51-29-40(39-27-41(61)31-42(62)28-39)30-52(38(3)4)60(51)65-36-64(56-21-11-12-22-57(56)65)43-32-44(66-53-18-8-5-15-47(53)48-16-6-9-19-54(48)66)34-46(33-43)68-45-24-25-50-49-17-7-10-20-55(49)67(58(50)35-45)59-23-13-14-26-63-59/h5-35,37-38H,36H2,1-4H3. The van der Waals surface area contributed by atoms with Crippen molar-refractivity contribution in [3.63, 3.8) is 0 Å². The van der Waals surface area contributed by atoms with E-state index in [0.29, 0.717) is 23.7 Å². The summed E-state index contributed by atoms with van der Waals surface area (Å²) in [6.07, 6.45) is 1.83. The molecular formula is C60H47F2N5O. The first kappa shape index (κ1) is 41.2. The zero-order valence-corrected chi connectivity index (χ0v) is 38.2. The molecule has 4 heterocycles. The van der Waals surface area contributed by atoms with Crippen molar-refractivity contribution in [1.29, 1.82) is 0 Å². The number of fused-ring (bicyclic) bond motifs is 7. The Morgan fingerprint density at radius 2 is 0.985 bits per heavy atom. The highest BCUT2D eigenvalue weighted by Crippen LogP contribution is 2.50. The Labute approximate surface area is 393 Å². The second kappa shape index (κ2) is 16.3. The normalized spacial score (nSPS) is 12.7. The lowest BCUT2D eigenvalue weighted by molar-refractivity contribution is 0.483. The third-order valence-corrected chi connectivity index (χ3v) is 13.4. The summed E-state index contributed by atoms with van der Waals surface area (Å²) in [5.74, 6) is 1.25. The van der Waals surface area contributed by atoms with Crippen molar-refractivity contribution in [1.82, 2.24) is 14.1 Å². The lowest BCUT2D eigenvalue weighted by Crippen LogP contribution is -2.26. The van der Waals surface area contributed by atoms with Crippen LogP contribution < -0.4 is 14.5 Å². The molecule has 0 saturated carbocycles. The first-order valence-electron chi connectivity index (χ1n) is 23.2. The number of hydrogen-bond acceptors (Lipinski definition) is 4. The summed E-state index contributed by atoms with van der Waals surface area (Å²) in [4.78, 5) is 9.54. The fourth-order valence-electron chi connectivity index (χ4n) is 10.4. The summed E-state index contributed by atoms with van der Waals surface area (Å²) in [7, 11) is 0. The highest BCUT2D eigenvalue weighted by molar-refractivity contribution is 6.10. The van der Waals surface area contributed by atoms with E-state index in [1.165, 1.54) is 22.9 Å². The minimum atomic E-state index is -0.593. The Morgan fingerprint density at radius 1 is 0.456 bits per heavy atom. The van der Waals surface area contributed by atoms with Crippen LogP contribution in [0.3, 0.4) is 0 Å². The number of hydrogen-bond donors (Lipinski definition) is 0. The van der Waals surface area contributed by atoms with E-state index < -0.39 is 11.6 Å². The molecule has 0 amide bonds. The molecule has 8 heteroatoms. The maximum atomic E-state index is 14.7. The van der Waals surface area contributed by atoms with Gasteiger partial charge in [-0.2, -0.15) is 0 Å². The average Bonchev–Trinajstić information content (AvgIpc) is 4.01. The topological polar surface area (TPSA) is 38.5 Å². The fraction of sp³-hybridized carbons (Fsp3) is 0.117. The van der Waals surface area contributed by atoms with Gasteiger partial charge in [-0.25, -0.2) is 13.8 Å². The smallest absolute Gasteiger partial charge is 0.137 e. The predicted molar refractivity (Wildman–Crippen MR) is 275 cm³/mol. The molecule has 0 unspecified atom stereocenters. The van der Waals surface area contributed by atoms with Crippen molar-refractivity contribution < 1.29 is 13.5 Å². The Kier molecular flexibility index (Phi) is 9.87. The quantitative estimate of drug-likeness (QED) is 0.145. The number of pyridine rings is 1. The highest BCUT2D eigenvalue weighted by Gasteiger charge is 2.33. The molecule has 332 valence electrons. The largest absolute Gasteiger partial charge is 0.457 e. The molecule has 68 heavy (non-hydrogen) atoms.